The standard InChI is InChI=1S/C22H40N4O2S.HI/c1-5-23-22(25-20(4)13-11-17-26(6-2)7-3)24-16-12-18-29(27,28)19-21-14-9-8-10-15-21;/h8-10,14-15,20H,5-7,11-13,16-19H2,1-4H3,(H2,23,24,25);1H. The van der Waals surface area contributed by atoms with Crippen LogP contribution in [-0.2, 0) is 15.6 Å². The Morgan fingerprint density at radius 2 is 1.77 bits per heavy atom. The number of aliphatic imine (C=N–C) groups is 1. The van der Waals surface area contributed by atoms with Crippen molar-refractivity contribution in [3.05, 3.63) is 35.9 Å². The number of guanidine groups is 1. The van der Waals surface area contributed by atoms with E-state index in [4.69, 9.17) is 0 Å². The molecule has 1 unspecified atom stereocenters. The summed E-state index contributed by atoms with van der Waals surface area (Å²) in [6.45, 7) is 13.2. The summed E-state index contributed by atoms with van der Waals surface area (Å²) in [4.78, 5) is 6.99. The van der Waals surface area contributed by atoms with Crippen LogP contribution < -0.4 is 10.6 Å². The predicted octanol–water partition coefficient (Wildman–Crippen LogP) is 3.68. The Labute approximate surface area is 201 Å². The third kappa shape index (κ3) is 13.4. The normalized spacial score (nSPS) is 13.0. The van der Waals surface area contributed by atoms with Crippen molar-refractivity contribution in [1.82, 2.24) is 15.5 Å². The van der Waals surface area contributed by atoms with Crippen LogP contribution in [0.5, 0.6) is 0 Å². The van der Waals surface area contributed by atoms with E-state index in [9.17, 15) is 8.42 Å². The smallest absolute Gasteiger partial charge is 0.191 e. The van der Waals surface area contributed by atoms with Crippen LogP contribution >= 0.6 is 24.0 Å². The summed E-state index contributed by atoms with van der Waals surface area (Å²) in [5, 5.41) is 6.69. The van der Waals surface area contributed by atoms with Crippen LogP contribution in [0.3, 0.4) is 0 Å². The topological polar surface area (TPSA) is 73.8 Å². The van der Waals surface area contributed by atoms with Gasteiger partial charge in [0, 0.05) is 19.1 Å². The first-order valence-electron chi connectivity index (χ1n) is 10.9. The van der Waals surface area contributed by atoms with Crippen molar-refractivity contribution in [3.63, 3.8) is 0 Å². The SMILES string of the molecule is CCNC(=NCCCS(=O)(=O)Cc1ccccc1)NC(C)CCCN(CC)CC.I. The fourth-order valence-electron chi connectivity index (χ4n) is 3.16. The van der Waals surface area contributed by atoms with Gasteiger partial charge >= 0.3 is 0 Å². The molecule has 30 heavy (non-hydrogen) atoms. The molecule has 0 spiro atoms. The van der Waals surface area contributed by atoms with Crippen molar-refractivity contribution in [1.29, 1.82) is 0 Å². The Bertz CT molecular complexity index is 680. The summed E-state index contributed by atoms with van der Waals surface area (Å²) in [7, 11) is -3.11. The minimum Gasteiger partial charge on any atom is -0.357 e. The average molecular weight is 553 g/mol. The highest BCUT2D eigenvalue weighted by atomic mass is 127. The lowest BCUT2D eigenvalue weighted by Gasteiger charge is -2.21. The molecule has 1 atom stereocenters. The molecule has 6 nitrogen and oxygen atoms in total. The Balaban J connectivity index is 0.00000841. The zero-order chi connectivity index (χ0) is 21.5. The summed E-state index contributed by atoms with van der Waals surface area (Å²) >= 11 is 0. The van der Waals surface area contributed by atoms with E-state index in [0.29, 0.717) is 19.0 Å². The second kappa shape index (κ2) is 16.8. The second-order valence-corrected chi connectivity index (χ2v) is 9.59. The number of rotatable bonds is 14. The summed E-state index contributed by atoms with van der Waals surface area (Å²) in [6, 6.07) is 9.66. The van der Waals surface area contributed by atoms with Crippen molar-refractivity contribution in [2.45, 2.75) is 58.8 Å². The summed E-state index contributed by atoms with van der Waals surface area (Å²) in [6.07, 6.45) is 2.75. The highest BCUT2D eigenvalue weighted by Crippen LogP contribution is 2.07. The number of nitrogens with zero attached hydrogens (tertiary/aromatic N) is 2. The van der Waals surface area contributed by atoms with Crippen LogP contribution in [0.1, 0.15) is 52.5 Å². The molecule has 174 valence electrons. The summed E-state index contributed by atoms with van der Waals surface area (Å²) in [5.41, 5.74) is 0.838. The maximum absolute atomic E-state index is 12.3. The van der Waals surface area contributed by atoms with Gasteiger partial charge < -0.3 is 15.5 Å². The Kier molecular flexibility index (Phi) is 16.3. The second-order valence-electron chi connectivity index (χ2n) is 7.41. The summed E-state index contributed by atoms with van der Waals surface area (Å²) in [5.74, 6) is 1.02. The van der Waals surface area contributed by atoms with E-state index >= 15 is 0 Å². The number of sulfone groups is 1. The van der Waals surface area contributed by atoms with Crippen molar-refractivity contribution >= 4 is 39.8 Å². The quantitative estimate of drug-likeness (QED) is 0.160. The van der Waals surface area contributed by atoms with Gasteiger partial charge in [0.25, 0.3) is 0 Å². The molecule has 2 N–H and O–H groups in total. The fourth-order valence-corrected chi connectivity index (χ4v) is 4.58. The molecule has 0 aliphatic heterocycles. The number of halogens is 1. The van der Waals surface area contributed by atoms with Gasteiger partial charge in [0.05, 0.1) is 11.5 Å². The molecular formula is C22H41IN4O2S. The molecule has 1 aromatic carbocycles. The van der Waals surface area contributed by atoms with E-state index < -0.39 is 9.84 Å². The van der Waals surface area contributed by atoms with Gasteiger partial charge in [0.2, 0.25) is 0 Å². The minimum absolute atomic E-state index is 0. The van der Waals surface area contributed by atoms with Crippen LogP contribution in [-0.4, -0.2) is 63.8 Å². The Morgan fingerprint density at radius 1 is 1.10 bits per heavy atom. The van der Waals surface area contributed by atoms with Crippen LogP contribution in [0.2, 0.25) is 0 Å². The molecule has 0 saturated heterocycles. The van der Waals surface area contributed by atoms with Gasteiger partial charge in [-0.25, -0.2) is 8.42 Å². The predicted molar refractivity (Wildman–Crippen MR) is 140 cm³/mol. The molecule has 0 aliphatic rings. The lowest BCUT2D eigenvalue weighted by Crippen LogP contribution is -2.42. The van der Waals surface area contributed by atoms with Crippen molar-refractivity contribution in [3.8, 4) is 0 Å². The zero-order valence-electron chi connectivity index (χ0n) is 19.1. The van der Waals surface area contributed by atoms with E-state index in [1.165, 1.54) is 0 Å². The van der Waals surface area contributed by atoms with Crippen LogP contribution in [0.25, 0.3) is 0 Å². The van der Waals surface area contributed by atoms with E-state index in [1.54, 1.807) is 0 Å². The van der Waals surface area contributed by atoms with Crippen molar-refractivity contribution < 1.29 is 8.42 Å². The van der Waals surface area contributed by atoms with Gasteiger partial charge in [0.15, 0.2) is 15.8 Å². The number of nitrogens with one attached hydrogen (secondary N) is 2. The number of benzene rings is 1. The molecule has 1 rings (SSSR count). The zero-order valence-corrected chi connectivity index (χ0v) is 22.2. The highest BCUT2D eigenvalue weighted by molar-refractivity contribution is 14.0. The number of hydrogen-bond acceptors (Lipinski definition) is 4. The lowest BCUT2D eigenvalue weighted by molar-refractivity contribution is 0.292. The van der Waals surface area contributed by atoms with E-state index in [2.05, 4.69) is 41.3 Å². The molecule has 8 heteroatoms. The maximum Gasteiger partial charge on any atom is 0.191 e. The largest absolute Gasteiger partial charge is 0.357 e. The molecule has 0 aliphatic carbocycles. The first-order chi connectivity index (χ1) is 13.9. The molecule has 0 aromatic heterocycles. The van der Waals surface area contributed by atoms with Gasteiger partial charge in [-0.2, -0.15) is 0 Å². The van der Waals surface area contributed by atoms with Crippen LogP contribution in [0.4, 0.5) is 0 Å². The molecule has 0 amide bonds. The van der Waals surface area contributed by atoms with Crippen molar-refractivity contribution in [2.24, 2.45) is 4.99 Å². The first-order valence-corrected chi connectivity index (χ1v) is 12.7. The highest BCUT2D eigenvalue weighted by Gasteiger charge is 2.12. The maximum atomic E-state index is 12.3. The molecule has 1 aromatic rings. The fraction of sp³-hybridized carbons (Fsp3) is 0.682. The number of hydrogen-bond donors (Lipinski definition) is 2. The summed E-state index contributed by atoms with van der Waals surface area (Å²) < 4.78 is 24.6. The first kappa shape index (κ1) is 29.1. The van der Waals surface area contributed by atoms with Gasteiger partial charge in [-0.1, -0.05) is 44.2 Å². The van der Waals surface area contributed by atoms with Gasteiger partial charge in [-0.05, 0) is 58.3 Å². The molecule has 0 fully saturated rings. The van der Waals surface area contributed by atoms with E-state index in [1.807, 2.05) is 37.3 Å². The van der Waals surface area contributed by atoms with E-state index in [0.717, 1.165) is 50.5 Å². The van der Waals surface area contributed by atoms with Gasteiger partial charge in [-0.3, -0.25) is 4.99 Å². The van der Waals surface area contributed by atoms with Gasteiger partial charge in [-0.15, -0.1) is 24.0 Å². The molecule has 0 heterocycles. The van der Waals surface area contributed by atoms with Gasteiger partial charge in [0.1, 0.15) is 0 Å². The monoisotopic (exact) mass is 552 g/mol. The third-order valence-electron chi connectivity index (χ3n) is 4.85. The molecule has 0 radical (unpaired) electrons. The molecule has 0 bridgehead atoms. The lowest BCUT2D eigenvalue weighted by atomic mass is 10.2. The Morgan fingerprint density at radius 3 is 2.37 bits per heavy atom. The third-order valence-corrected chi connectivity index (χ3v) is 6.53. The van der Waals surface area contributed by atoms with Crippen LogP contribution in [0.15, 0.2) is 35.3 Å². The average Bonchev–Trinajstić information content (AvgIpc) is 2.69. The molecular weight excluding hydrogens is 511 g/mol. The van der Waals surface area contributed by atoms with Crippen LogP contribution in [0, 0.1) is 0 Å². The van der Waals surface area contributed by atoms with Crippen molar-refractivity contribution in [2.75, 3.05) is 38.5 Å². The Hall–Kier alpha value is -0.870. The molecule has 0 saturated carbocycles. The van der Waals surface area contributed by atoms with E-state index in [-0.39, 0.29) is 35.5 Å². The minimum atomic E-state index is -3.11.